The number of hydrogen-bond acceptors (Lipinski definition) is 3. The Hall–Kier alpha value is -0.0900. The quantitative estimate of drug-likeness (QED) is 0.816. The van der Waals surface area contributed by atoms with E-state index in [4.69, 9.17) is 23.1 Å². The summed E-state index contributed by atoms with van der Waals surface area (Å²) in [5.41, 5.74) is 11.6. The molecule has 1 aromatic rings. The zero-order valence-electron chi connectivity index (χ0n) is 7.66. The van der Waals surface area contributed by atoms with Crippen LogP contribution >= 0.6 is 22.9 Å². The summed E-state index contributed by atoms with van der Waals surface area (Å²) in [6, 6.07) is 4.18. The Morgan fingerprint density at radius 3 is 2.54 bits per heavy atom. The molecule has 74 valence electrons. The summed E-state index contributed by atoms with van der Waals surface area (Å²) in [6.45, 7) is 1.99. The molecule has 0 saturated carbocycles. The van der Waals surface area contributed by atoms with Crippen LogP contribution in [0.15, 0.2) is 12.1 Å². The van der Waals surface area contributed by atoms with Gasteiger partial charge in [-0.25, -0.2) is 0 Å². The maximum absolute atomic E-state index is 5.95. The third-order valence-corrected chi connectivity index (χ3v) is 3.26. The van der Waals surface area contributed by atoms with Crippen molar-refractivity contribution in [3.63, 3.8) is 0 Å². The number of rotatable bonds is 4. The van der Waals surface area contributed by atoms with Crippen molar-refractivity contribution < 1.29 is 0 Å². The largest absolute Gasteiger partial charge is 0.328 e. The highest BCUT2D eigenvalue weighted by Crippen LogP contribution is 2.27. The van der Waals surface area contributed by atoms with Gasteiger partial charge in [0.15, 0.2) is 0 Å². The first-order valence-electron chi connectivity index (χ1n) is 4.36. The summed E-state index contributed by atoms with van der Waals surface area (Å²) in [6.07, 6.45) is 1.88. The van der Waals surface area contributed by atoms with Crippen LogP contribution < -0.4 is 11.5 Å². The van der Waals surface area contributed by atoms with Gasteiger partial charge in [-0.05, 0) is 31.9 Å². The van der Waals surface area contributed by atoms with Crippen LogP contribution in [0.25, 0.3) is 0 Å². The third-order valence-electron chi connectivity index (χ3n) is 1.89. The molecule has 0 aliphatic heterocycles. The normalized spacial score (nSPS) is 15.7. The molecule has 1 rings (SSSR count). The van der Waals surface area contributed by atoms with Gasteiger partial charge in [0.1, 0.15) is 0 Å². The van der Waals surface area contributed by atoms with Gasteiger partial charge in [0.25, 0.3) is 0 Å². The first kappa shape index (κ1) is 11.0. The number of hydrogen-bond donors (Lipinski definition) is 2. The highest BCUT2D eigenvalue weighted by molar-refractivity contribution is 7.16. The first-order chi connectivity index (χ1) is 6.09. The standard InChI is InChI=1S/C9H15ClN2S/c1-6(11)2-3-7(12)8-4-5-9(10)13-8/h4-7H,2-3,11-12H2,1H3. The summed E-state index contributed by atoms with van der Waals surface area (Å²) in [7, 11) is 0. The second kappa shape index (κ2) is 4.96. The van der Waals surface area contributed by atoms with Gasteiger partial charge in [-0.15, -0.1) is 11.3 Å². The smallest absolute Gasteiger partial charge is 0.0931 e. The molecule has 0 aliphatic rings. The van der Waals surface area contributed by atoms with Crippen LogP contribution in [0.2, 0.25) is 4.34 Å². The summed E-state index contributed by atoms with van der Waals surface area (Å²) in [5, 5.41) is 0. The highest BCUT2D eigenvalue weighted by Gasteiger charge is 2.09. The van der Waals surface area contributed by atoms with Gasteiger partial charge >= 0.3 is 0 Å². The maximum Gasteiger partial charge on any atom is 0.0931 e. The van der Waals surface area contributed by atoms with E-state index < -0.39 is 0 Å². The Bertz CT molecular complexity index is 260. The molecule has 0 saturated heterocycles. The zero-order chi connectivity index (χ0) is 9.84. The van der Waals surface area contributed by atoms with Crippen molar-refractivity contribution in [2.45, 2.75) is 31.8 Å². The van der Waals surface area contributed by atoms with E-state index in [-0.39, 0.29) is 12.1 Å². The minimum Gasteiger partial charge on any atom is -0.328 e. The van der Waals surface area contributed by atoms with Crippen LogP contribution in [0.3, 0.4) is 0 Å². The SMILES string of the molecule is CC(N)CCC(N)c1ccc(Cl)s1. The summed E-state index contributed by atoms with van der Waals surface area (Å²) < 4.78 is 0.797. The Morgan fingerprint density at radius 2 is 2.08 bits per heavy atom. The minimum atomic E-state index is 0.0866. The second-order valence-electron chi connectivity index (χ2n) is 3.30. The van der Waals surface area contributed by atoms with Crippen LogP contribution in [0.1, 0.15) is 30.7 Å². The average Bonchev–Trinajstić information content (AvgIpc) is 2.47. The Balaban J connectivity index is 2.44. The van der Waals surface area contributed by atoms with Crippen molar-refractivity contribution in [1.82, 2.24) is 0 Å². The summed E-state index contributed by atoms with van der Waals surface area (Å²) >= 11 is 7.35. The topological polar surface area (TPSA) is 52.0 Å². The van der Waals surface area contributed by atoms with Crippen molar-refractivity contribution in [2.24, 2.45) is 11.5 Å². The molecule has 2 nitrogen and oxygen atoms in total. The fourth-order valence-electron chi connectivity index (χ4n) is 1.11. The van der Waals surface area contributed by atoms with Crippen LogP contribution in [0.4, 0.5) is 0 Å². The lowest BCUT2D eigenvalue weighted by atomic mass is 10.1. The molecule has 0 bridgehead atoms. The average molecular weight is 219 g/mol. The van der Waals surface area contributed by atoms with E-state index >= 15 is 0 Å². The Labute approximate surface area is 87.9 Å². The van der Waals surface area contributed by atoms with Crippen LogP contribution in [-0.2, 0) is 0 Å². The highest BCUT2D eigenvalue weighted by atomic mass is 35.5. The number of thiophene rings is 1. The van der Waals surface area contributed by atoms with E-state index in [1.807, 2.05) is 19.1 Å². The lowest BCUT2D eigenvalue weighted by Crippen LogP contribution is -2.18. The predicted octanol–water partition coefficient (Wildman–Crippen LogP) is 2.53. The van der Waals surface area contributed by atoms with Gasteiger partial charge in [0, 0.05) is 17.0 Å². The third kappa shape index (κ3) is 3.65. The van der Waals surface area contributed by atoms with Crippen LogP contribution in [0.5, 0.6) is 0 Å². The van der Waals surface area contributed by atoms with Crippen molar-refractivity contribution >= 4 is 22.9 Å². The molecule has 0 spiro atoms. The van der Waals surface area contributed by atoms with E-state index in [2.05, 4.69) is 0 Å². The minimum absolute atomic E-state index is 0.0866. The van der Waals surface area contributed by atoms with E-state index in [9.17, 15) is 0 Å². The Kier molecular flexibility index (Phi) is 4.19. The van der Waals surface area contributed by atoms with E-state index in [0.717, 1.165) is 22.1 Å². The number of nitrogens with two attached hydrogens (primary N) is 2. The molecule has 1 aromatic heterocycles. The molecule has 4 N–H and O–H groups in total. The van der Waals surface area contributed by atoms with E-state index in [0.29, 0.717) is 0 Å². The molecule has 0 radical (unpaired) electrons. The van der Waals surface area contributed by atoms with Crippen molar-refractivity contribution in [3.05, 3.63) is 21.3 Å². The predicted molar refractivity (Wildman–Crippen MR) is 59.1 cm³/mol. The second-order valence-corrected chi connectivity index (χ2v) is 5.05. The van der Waals surface area contributed by atoms with Crippen LogP contribution in [-0.4, -0.2) is 6.04 Å². The van der Waals surface area contributed by atoms with Gasteiger partial charge in [-0.2, -0.15) is 0 Å². The van der Waals surface area contributed by atoms with Crippen molar-refractivity contribution in [1.29, 1.82) is 0 Å². The van der Waals surface area contributed by atoms with Gasteiger partial charge in [-0.3, -0.25) is 0 Å². The van der Waals surface area contributed by atoms with Gasteiger partial charge < -0.3 is 11.5 Å². The molecule has 13 heavy (non-hydrogen) atoms. The molecule has 2 unspecified atom stereocenters. The fourth-order valence-corrected chi connectivity index (χ4v) is 2.21. The van der Waals surface area contributed by atoms with E-state index in [1.165, 1.54) is 0 Å². The molecular formula is C9H15ClN2S. The molecule has 1 heterocycles. The molecular weight excluding hydrogens is 204 g/mol. The zero-order valence-corrected chi connectivity index (χ0v) is 9.24. The van der Waals surface area contributed by atoms with Gasteiger partial charge in [0.2, 0.25) is 0 Å². The van der Waals surface area contributed by atoms with Crippen molar-refractivity contribution in [2.75, 3.05) is 0 Å². The maximum atomic E-state index is 5.95. The monoisotopic (exact) mass is 218 g/mol. The molecule has 4 heteroatoms. The van der Waals surface area contributed by atoms with E-state index in [1.54, 1.807) is 11.3 Å². The van der Waals surface area contributed by atoms with Gasteiger partial charge in [-0.1, -0.05) is 11.6 Å². The lowest BCUT2D eigenvalue weighted by Gasteiger charge is -2.10. The molecule has 0 fully saturated rings. The summed E-state index contributed by atoms with van der Waals surface area (Å²) in [5.74, 6) is 0. The molecule has 0 aromatic carbocycles. The molecule has 0 amide bonds. The fraction of sp³-hybridized carbons (Fsp3) is 0.556. The molecule has 0 aliphatic carbocycles. The number of halogens is 1. The molecule has 2 atom stereocenters. The van der Waals surface area contributed by atoms with Gasteiger partial charge in [0.05, 0.1) is 4.34 Å². The first-order valence-corrected chi connectivity index (χ1v) is 5.55. The summed E-state index contributed by atoms with van der Waals surface area (Å²) in [4.78, 5) is 1.14. The lowest BCUT2D eigenvalue weighted by molar-refractivity contribution is 0.560. The van der Waals surface area contributed by atoms with Crippen molar-refractivity contribution in [3.8, 4) is 0 Å². The Morgan fingerprint density at radius 1 is 1.38 bits per heavy atom. The van der Waals surface area contributed by atoms with Crippen LogP contribution in [0, 0.1) is 0 Å².